The zero-order chi connectivity index (χ0) is 18.7. The van der Waals surface area contributed by atoms with Crippen molar-refractivity contribution in [1.29, 1.82) is 0 Å². The Morgan fingerprint density at radius 3 is 2.85 bits per heavy atom. The normalized spacial score (nSPS) is 16.3. The third kappa shape index (κ3) is 3.70. The lowest BCUT2D eigenvalue weighted by molar-refractivity contribution is 0.0933. The van der Waals surface area contributed by atoms with E-state index in [0.717, 1.165) is 31.6 Å². The van der Waals surface area contributed by atoms with E-state index >= 15 is 0 Å². The highest BCUT2D eigenvalue weighted by Gasteiger charge is 2.24. The van der Waals surface area contributed by atoms with Crippen molar-refractivity contribution >= 4 is 5.91 Å². The molecule has 1 amide bonds. The molecule has 1 aromatic heterocycles. The minimum absolute atomic E-state index is 0.256. The molecule has 1 fully saturated rings. The number of hydrogen-bond donors (Lipinski definition) is 2. The van der Waals surface area contributed by atoms with Crippen LogP contribution in [-0.2, 0) is 0 Å². The summed E-state index contributed by atoms with van der Waals surface area (Å²) >= 11 is 0. The van der Waals surface area contributed by atoms with Gasteiger partial charge in [0.2, 0.25) is 0 Å². The second kappa shape index (κ2) is 7.82. The van der Waals surface area contributed by atoms with Gasteiger partial charge in [0.25, 0.3) is 5.91 Å². The second-order valence-corrected chi connectivity index (χ2v) is 6.53. The summed E-state index contributed by atoms with van der Waals surface area (Å²) in [6.07, 6.45) is 1.92. The summed E-state index contributed by atoms with van der Waals surface area (Å²) in [4.78, 5) is 12.7. The molecular formula is C18H24FN5O2. The van der Waals surface area contributed by atoms with Crippen molar-refractivity contribution in [2.75, 3.05) is 20.2 Å². The van der Waals surface area contributed by atoms with Gasteiger partial charge in [-0.2, -0.15) is 0 Å². The molecule has 26 heavy (non-hydrogen) atoms. The number of nitrogens with one attached hydrogen (secondary N) is 2. The van der Waals surface area contributed by atoms with Gasteiger partial charge in [0.1, 0.15) is 11.6 Å². The molecule has 1 unspecified atom stereocenters. The molecule has 0 radical (unpaired) electrons. The van der Waals surface area contributed by atoms with Gasteiger partial charge in [0.15, 0.2) is 5.69 Å². The number of halogens is 1. The van der Waals surface area contributed by atoms with E-state index in [1.807, 2.05) is 11.6 Å². The molecular weight excluding hydrogens is 337 g/mol. The van der Waals surface area contributed by atoms with E-state index in [1.54, 1.807) is 13.0 Å². The van der Waals surface area contributed by atoms with E-state index < -0.39 is 6.04 Å². The zero-order valence-electron chi connectivity index (χ0n) is 15.3. The van der Waals surface area contributed by atoms with Gasteiger partial charge < -0.3 is 15.4 Å². The molecule has 1 aromatic carbocycles. The largest absolute Gasteiger partial charge is 0.496 e. The van der Waals surface area contributed by atoms with Crippen LogP contribution in [0, 0.1) is 12.7 Å². The van der Waals surface area contributed by atoms with E-state index in [4.69, 9.17) is 4.74 Å². The molecule has 140 valence electrons. The summed E-state index contributed by atoms with van der Waals surface area (Å²) in [5, 5.41) is 14.4. The quantitative estimate of drug-likeness (QED) is 0.853. The maximum atomic E-state index is 13.6. The zero-order valence-corrected chi connectivity index (χ0v) is 15.3. The second-order valence-electron chi connectivity index (χ2n) is 6.53. The third-order valence-corrected chi connectivity index (χ3v) is 4.80. The number of methoxy groups -OCH3 is 1. The number of aromatic nitrogens is 3. The maximum absolute atomic E-state index is 13.6. The first kappa shape index (κ1) is 18.3. The Balaban J connectivity index is 1.76. The predicted octanol–water partition coefficient (Wildman–Crippen LogP) is 2.15. The predicted molar refractivity (Wildman–Crippen MR) is 94.7 cm³/mol. The van der Waals surface area contributed by atoms with Crippen LogP contribution >= 0.6 is 0 Å². The number of rotatable bonds is 5. The highest BCUT2D eigenvalue weighted by Crippen LogP contribution is 2.26. The Hall–Kier alpha value is -2.48. The molecule has 0 aliphatic carbocycles. The summed E-state index contributed by atoms with van der Waals surface area (Å²) in [5.74, 6) is -0.189. The van der Waals surface area contributed by atoms with Gasteiger partial charge in [-0.3, -0.25) is 4.79 Å². The SMILES string of the molecule is COc1ccc(F)cc1C(C)NC(=O)c1nnn(C2CCNCC2)c1C. The van der Waals surface area contributed by atoms with Crippen molar-refractivity contribution < 1.29 is 13.9 Å². The van der Waals surface area contributed by atoms with E-state index in [9.17, 15) is 9.18 Å². The number of benzene rings is 1. The first-order valence-corrected chi connectivity index (χ1v) is 8.78. The van der Waals surface area contributed by atoms with Gasteiger partial charge in [0.05, 0.1) is 24.9 Å². The number of carbonyl (C=O) groups is 1. The van der Waals surface area contributed by atoms with E-state index in [1.165, 1.54) is 19.2 Å². The molecule has 1 saturated heterocycles. The molecule has 1 aliphatic heterocycles. The summed E-state index contributed by atoms with van der Waals surface area (Å²) < 4.78 is 20.7. The molecule has 0 bridgehead atoms. The number of amides is 1. The Kier molecular flexibility index (Phi) is 5.51. The van der Waals surface area contributed by atoms with E-state index in [0.29, 0.717) is 17.0 Å². The van der Waals surface area contributed by atoms with Crippen molar-refractivity contribution in [1.82, 2.24) is 25.6 Å². The van der Waals surface area contributed by atoms with Gasteiger partial charge in [-0.05, 0) is 58.0 Å². The summed E-state index contributed by atoms with van der Waals surface area (Å²) in [5.41, 5.74) is 1.61. The molecule has 2 N–H and O–H groups in total. The van der Waals surface area contributed by atoms with Gasteiger partial charge in [-0.25, -0.2) is 9.07 Å². The Morgan fingerprint density at radius 1 is 1.42 bits per heavy atom. The van der Waals surface area contributed by atoms with Crippen LogP contribution in [0.1, 0.15) is 53.6 Å². The Bertz CT molecular complexity index is 786. The number of carbonyl (C=O) groups excluding carboxylic acids is 1. The lowest BCUT2D eigenvalue weighted by Gasteiger charge is -2.23. The van der Waals surface area contributed by atoms with Crippen molar-refractivity contribution in [2.24, 2.45) is 0 Å². The highest BCUT2D eigenvalue weighted by molar-refractivity contribution is 5.93. The fourth-order valence-corrected chi connectivity index (χ4v) is 3.34. The van der Waals surface area contributed by atoms with Crippen molar-refractivity contribution in [3.63, 3.8) is 0 Å². The molecule has 0 spiro atoms. The molecule has 3 rings (SSSR count). The number of nitrogens with zero attached hydrogens (tertiary/aromatic N) is 3. The minimum atomic E-state index is -0.434. The first-order chi connectivity index (χ1) is 12.5. The maximum Gasteiger partial charge on any atom is 0.274 e. The van der Waals surface area contributed by atoms with Crippen LogP contribution in [0.15, 0.2) is 18.2 Å². The van der Waals surface area contributed by atoms with Gasteiger partial charge in [-0.1, -0.05) is 5.21 Å². The summed E-state index contributed by atoms with van der Waals surface area (Å²) in [7, 11) is 1.51. The van der Waals surface area contributed by atoms with E-state index in [-0.39, 0.29) is 17.8 Å². The molecule has 2 aromatic rings. The van der Waals surface area contributed by atoms with Gasteiger partial charge >= 0.3 is 0 Å². The van der Waals surface area contributed by atoms with Crippen LogP contribution in [0.3, 0.4) is 0 Å². The lowest BCUT2D eigenvalue weighted by atomic mass is 10.1. The monoisotopic (exact) mass is 361 g/mol. The fraction of sp³-hybridized carbons (Fsp3) is 0.500. The number of ether oxygens (including phenoxy) is 1. The third-order valence-electron chi connectivity index (χ3n) is 4.80. The number of piperidine rings is 1. The lowest BCUT2D eigenvalue weighted by Crippen LogP contribution is -2.31. The van der Waals surface area contributed by atoms with Crippen LogP contribution in [-0.4, -0.2) is 41.1 Å². The Morgan fingerprint density at radius 2 is 2.15 bits per heavy atom. The summed E-state index contributed by atoms with van der Waals surface area (Å²) in [6, 6.07) is 4.06. The van der Waals surface area contributed by atoms with Crippen LogP contribution in [0.25, 0.3) is 0 Å². The molecule has 2 heterocycles. The van der Waals surface area contributed by atoms with Crippen LogP contribution in [0.2, 0.25) is 0 Å². The Labute approximate surface area is 151 Å². The van der Waals surface area contributed by atoms with Gasteiger partial charge in [0, 0.05) is 5.56 Å². The fourth-order valence-electron chi connectivity index (χ4n) is 3.34. The first-order valence-electron chi connectivity index (χ1n) is 8.78. The standard InChI is InChI=1S/C18H24FN5O2/c1-11(15-10-13(19)4-5-16(15)26-3)21-18(25)17-12(2)24(23-22-17)14-6-8-20-9-7-14/h4-5,10-11,14,20H,6-9H2,1-3H3,(H,21,25). The molecule has 1 aliphatic rings. The van der Waals surface area contributed by atoms with E-state index in [2.05, 4.69) is 20.9 Å². The molecule has 7 nitrogen and oxygen atoms in total. The number of hydrogen-bond acceptors (Lipinski definition) is 5. The van der Waals surface area contributed by atoms with Gasteiger partial charge in [-0.15, -0.1) is 5.10 Å². The van der Waals surface area contributed by atoms with Crippen LogP contribution < -0.4 is 15.4 Å². The molecule has 8 heteroatoms. The van der Waals surface area contributed by atoms with Crippen molar-refractivity contribution in [2.45, 2.75) is 38.8 Å². The van der Waals surface area contributed by atoms with Crippen LogP contribution in [0.4, 0.5) is 4.39 Å². The minimum Gasteiger partial charge on any atom is -0.496 e. The smallest absolute Gasteiger partial charge is 0.274 e. The average Bonchev–Trinajstić information content (AvgIpc) is 3.04. The van der Waals surface area contributed by atoms with Crippen LogP contribution in [0.5, 0.6) is 5.75 Å². The highest BCUT2D eigenvalue weighted by atomic mass is 19.1. The molecule has 1 atom stereocenters. The van der Waals surface area contributed by atoms with Crippen molar-refractivity contribution in [3.05, 3.63) is 41.0 Å². The topological polar surface area (TPSA) is 81.1 Å². The summed E-state index contributed by atoms with van der Waals surface area (Å²) in [6.45, 7) is 5.50. The average molecular weight is 361 g/mol. The molecule has 0 saturated carbocycles. The van der Waals surface area contributed by atoms with Crippen molar-refractivity contribution in [3.8, 4) is 5.75 Å².